The maximum atomic E-state index is 12.2. The predicted octanol–water partition coefficient (Wildman–Crippen LogP) is 0.551. The quantitative estimate of drug-likeness (QED) is 0.705. The molecule has 1 heterocycles. The van der Waals surface area contributed by atoms with Crippen LogP contribution in [-0.4, -0.2) is 54.1 Å². The standard InChI is InChI=1S/C14H23N3O4/c1-15-11(18)10-5-4-8-17(10)13(21)16-9-14(12(19)20)6-2-3-7-14/h10H,2-9H2,1H3,(H,15,18)(H,16,21)(H,19,20). The number of aliphatic carboxylic acids is 1. The Morgan fingerprint density at radius 1 is 1.24 bits per heavy atom. The summed E-state index contributed by atoms with van der Waals surface area (Å²) in [6.07, 6.45) is 4.40. The van der Waals surface area contributed by atoms with E-state index in [-0.39, 0.29) is 18.5 Å². The van der Waals surface area contributed by atoms with Gasteiger partial charge < -0.3 is 20.6 Å². The highest BCUT2D eigenvalue weighted by molar-refractivity contribution is 5.87. The lowest BCUT2D eigenvalue weighted by Gasteiger charge is -2.28. The third-order valence-corrected chi connectivity index (χ3v) is 4.66. The van der Waals surface area contributed by atoms with Crippen LogP contribution in [0.4, 0.5) is 4.79 Å². The maximum Gasteiger partial charge on any atom is 0.318 e. The summed E-state index contributed by atoms with van der Waals surface area (Å²) in [7, 11) is 1.55. The fraction of sp³-hybridized carbons (Fsp3) is 0.786. The van der Waals surface area contributed by atoms with Crippen molar-refractivity contribution in [3.63, 3.8) is 0 Å². The SMILES string of the molecule is CNC(=O)C1CCCN1C(=O)NCC1(C(=O)O)CCCC1. The van der Waals surface area contributed by atoms with E-state index in [1.54, 1.807) is 7.05 Å². The van der Waals surface area contributed by atoms with Gasteiger partial charge in [0.25, 0.3) is 0 Å². The zero-order valence-electron chi connectivity index (χ0n) is 12.4. The monoisotopic (exact) mass is 297 g/mol. The first-order valence-corrected chi connectivity index (χ1v) is 7.50. The largest absolute Gasteiger partial charge is 0.481 e. The lowest BCUT2D eigenvalue weighted by Crippen LogP contribution is -2.51. The number of nitrogens with zero attached hydrogens (tertiary/aromatic N) is 1. The summed E-state index contributed by atoms with van der Waals surface area (Å²) < 4.78 is 0. The van der Waals surface area contributed by atoms with E-state index in [1.165, 1.54) is 4.90 Å². The van der Waals surface area contributed by atoms with E-state index in [0.29, 0.717) is 25.8 Å². The number of carboxylic acid groups (broad SMARTS) is 1. The summed E-state index contributed by atoms with van der Waals surface area (Å²) in [6, 6.07) is -0.784. The third kappa shape index (κ3) is 3.11. The van der Waals surface area contributed by atoms with E-state index in [9.17, 15) is 19.5 Å². The van der Waals surface area contributed by atoms with Gasteiger partial charge in [-0.05, 0) is 25.7 Å². The van der Waals surface area contributed by atoms with E-state index in [1.807, 2.05) is 0 Å². The molecule has 3 amide bonds. The van der Waals surface area contributed by atoms with Crippen molar-refractivity contribution >= 4 is 17.9 Å². The molecule has 7 heteroatoms. The van der Waals surface area contributed by atoms with E-state index in [4.69, 9.17) is 0 Å². The minimum atomic E-state index is -0.843. The molecule has 1 aliphatic heterocycles. The number of amides is 3. The summed E-state index contributed by atoms with van der Waals surface area (Å²) in [4.78, 5) is 36.9. The number of carbonyl (C=O) groups is 3. The van der Waals surface area contributed by atoms with Crippen molar-refractivity contribution in [1.29, 1.82) is 0 Å². The molecule has 0 bridgehead atoms. The van der Waals surface area contributed by atoms with Crippen molar-refractivity contribution in [2.24, 2.45) is 5.41 Å². The van der Waals surface area contributed by atoms with Crippen LogP contribution in [0.15, 0.2) is 0 Å². The van der Waals surface area contributed by atoms with Crippen LogP contribution in [0.2, 0.25) is 0 Å². The number of likely N-dealkylation sites (N-methyl/N-ethyl adjacent to an activating group) is 1. The van der Waals surface area contributed by atoms with E-state index in [0.717, 1.165) is 19.3 Å². The zero-order valence-corrected chi connectivity index (χ0v) is 12.4. The molecule has 1 aliphatic carbocycles. The van der Waals surface area contributed by atoms with Crippen LogP contribution < -0.4 is 10.6 Å². The van der Waals surface area contributed by atoms with E-state index < -0.39 is 17.4 Å². The average Bonchev–Trinajstić information content (AvgIpc) is 3.13. The molecule has 1 atom stereocenters. The fourth-order valence-electron chi connectivity index (χ4n) is 3.31. The van der Waals surface area contributed by atoms with Gasteiger partial charge in [0, 0.05) is 20.1 Å². The molecule has 2 aliphatic rings. The van der Waals surface area contributed by atoms with Crippen LogP contribution in [-0.2, 0) is 9.59 Å². The number of urea groups is 1. The Morgan fingerprint density at radius 3 is 2.48 bits per heavy atom. The predicted molar refractivity (Wildman–Crippen MR) is 75.7 cm³/mol. The Morgan fingerprint density at radius 2 is 1.90 bits per heavy atom. The minimum absolute atomic E-state index is 0.137. The van der Waals surface area contributed by atoms with Gasteiger partial charge in [0.2, 0.25) is 5.91 Å². The van der Waals surface area contributed by atoms with Crippen molar-refractivity contribution in [3.8, 4) is 0 Å². The highest BCUT2D eigenvalue weighted by Gasteiger charge is 2.42. The summed E-state index contributed by atoms with van der Waals surface area (Å²) in [5.41, 5.74) is -0.835. The highest BCUT2D eigenvalue weighted by atomic mass is 16.4. The van der Waals surface area contributed by atoms with Gasteiger partial charge >= 0.3 is 12.0 Å². The Kier molecular flexibility index (Phi) is 4.69. The molecule has 3 N–H and O–H groups in total. The molecule has 7 nitrogen and oxygen atoms in total. The van der Waals surface area contributed by atoms with Crippen LogP contribution in [0, 0.1) is 5.41 Å². The first-order valence-electron chi connectivity index (χ1n) is 7.50. The van der Waals surface area contributed by atoms with Gasteiger partial charge in [0.1, 0.15) is 6.04 Å². The Hall–Kier alpha value is -1.79. The minimum Gasteiger partial charge on any atom is -0.481 e. The normalized spacial score (nSPS) is 23.9. The third-order valence-electron chi connectivity index (χ3n) is 4.66. The van der Waals surface area contributed by atoms with E-state index in [2.05, 4.69) is 10.6 Å². The molecular weight excluding hydrogens is 274 g/mol. The molecule has 0 aromatic carbocycles. The number of hydrogen-bond acceptors (Lipinski definition) is 3. The van der Waals surface area contributed by atoms with Crippen LogP contribution >= 0.6 is 0 Å². The average molecular weight is 297 g/mol. The first kappa shape index (κ1) is 15.6. The molecular formula is C14H23N3O4. The second-order valence-electron chi connectivity index (χ2n) is 5.92. The maximum absolute atomic E-state index is 12.2. The van der Waals surface area contributed by atoms with Crippen LogP contribution in [0.1, 0.15) is 38.5 Å². The number of rotatable bonds is 4. The number of hydrogen-bond donors (Lipinski definition) is 3. The molecule has 0 aromatic rings. The molecule has 21 heavy (non-hydrogen) atoms. The lowest BCUT2D eigenvalue weighted by atomic mass is 9.86. The Bertz CT molecular complexity index is 432. The van der Waals surface area contributed by atoms with Gasteiger partial charge in [-0.25, -0.2) is 4.79 Å². The number of carbonyl (C=O) groups excluding carboxylic acids is 2. The molecule has 118 valence electrons. The van der Waals surface area contributed by atoms with Gasteiger partial charge in [-0.2, -0.15) is 0 Å². The molecule has 2 rings (SSSR count). The molecule has 1 saturated carbocycles. The molecule has 1 saturated heterocycles. The van der Waals surface area contributed by atoms with Gasteiger partial charge in [0.15, 0.2) is 0 Å². The second kappa shape index (κ2) is 6.32. The van der Waals surface area contributed by atoms with Crippen molar-refractivity contribution in [3.05, 3.63) is 0 Å². The highest BCUT2D eigenvalue weighted by Crippen LogP contribution is 2.37. The van der Waals surface area contributed by atoms with Crippen molar-refractivity contribution in [1.82, 2.24) is 15.5 Å². The molecule has 0 radical (unpaired) electrons. The Labute approximate surface area is 124 Å². The van der Waals surface area contributed by atoms with Crippen LogP contribution in [0.3, 0.4) is 0 Å². The van der Waals surface area contributed by atoms with Crippen LogP contribution in [0.25, 0.3) is 0 Å². The van der Waals surface area contributed by atoms with Gasteiger partial charge in [-0.3, -0.25) is 9.59 Å². The molecule has 1 unspecified atom stereocenters. The summed E-state index contributed by atoms with van der Waals surface area (Å²) in [5.74, 6) is -1.01. The summed E-state index contributed by atoms with van der Waals surface area (Å²) in [5, 5.41) is 14.7. The van der Waals surface area contributed by atoms with Gasteiger partial charge in [0.05, 0.1) is 5.41 Å². The smallest absolute Gasteiger partial charge is 0.318 e. The van der Waals surface area contributed by atoms with Gasteiger partial charge in [-0.15, -0.1) is 0 Å². The van der Waals surface area contributed by atoms with E-state index >= 15 is 0 Å². The second-order valence-corrected chi connectivity index (χ2v) is 5.92. The molecule has 2 fully saturated rings. The van der Waals surface area contributed by atoms with Crippen molar-refractivity contribution in [2.75, 3.05) is 20.1 Å². The lowest BCUT2D eigenvalue weighted by molar-refractivity contribution is -0.148. The number of carboxylic acids is 1. The Balaban J connectivity index is 1.95. The summed E-state index contributed by atoms with van der Waals surface area (Å²) >= 11 is 0. The van der Waals surface area contributed by atoms with Crippen molar-refractivity contribution < 1.29 is 19.5 Å². The zero-order chi connectivity index (χ0) is 15.5. The first-order chi connectivity index (χ1) is 10.00. The number of nitrogens with one attached hydrogen (secondary N) is 2. The fourth-order valence-corrected chi connectivity index (χ4v) is 3.31. The molecule has 0 spiro atoms. The van der Waals surface area contributed by atoms with Crippen molar-refractivity contribution in [2.45, 2.75) is 44.6 Å². The summed E-state index contributed by atoms with van der Waals surface area (Å²) in [6.45, 7) is 0.669. The topological polar surface area (TPSA) is 98.7 Å². The number of likely N-dealkylation sites (tertiary alicyclic amines) is 1. The molecule has 0 aromatic heterocycles. The van der Waals surface area contributed by atoms with Gasteiger partial charge in [-0.1, -0.05) is 12.8 Å². The van der Waals surface area contributed by atoms with Crippen LogP contribution in [0.5, 0.6) is 0 Å².